The van der Waals surface area contributed by atoms with Gasteiger partial charge >= 0.3 is 39.5 Å². The highest BCUT2D eigenvalue weighted by atomic mass is 31.2. The number of carbonyl (C=O) groups is 4. The highest BCUT2D eigenvalue weighted by molar-refractivity contribution is 7.47. The molecule has 89 heavy (non-hydrogen) atoms. The molecule has 0 fully saturated rings. The Morgan fingerprint density at radius 1 is 0.281 bits per heavy atom. The molecular weight excluding hydrogens is 1170 g/mol. The highest BCUT2D eigenvalue weighted by Crippen LogP contribution is 2.45. The smallest absolute Gasteiger partial charge is 0.462 e. The molecule has 19 heteroatoms. The molecule has 17 nitrogen and oxygen atoms in total. The van der Waals surface area contributed by atoms with Gasteiger partial charge in [-0.25, -0.2) is 9.13 Å². The maximum Gasteiger partial charge on any atom is 0.472 e. The number of esters is 4. The molecule has 0 aliphatic rings. The maximum atomic E-state index is 13.0. The quantitative estimate of drug-likeness (QED) is 0.0222. The fourth-order valence-electron chi connectivity index (χ4n) is 10.5. The first kappa shape index (κ1) is 87.1. The van der Waals surface area contributed by atoms with Gasteiger partial charge in [-0.15, -0.1) is 0 Å². The molecule has 528 valence electrons. The summed E-state index contributed by atoms with van der Waals surface area (Å²) in [6, 6.07) is 0. The monoisotopic (exact) mass is 1310 g/mol. The summed E-state index contributed by atoms with van der Waals surface area (Å²) in [5.41, 5.74) is 0. The van der Waals surface area contributed by atoms with Crippen LogP contribution in [-0.2, 0) is 65.4 Å². The number of rotatable bonds is 67. The van der Waals surface area contributed by atoms with Crippen molar-refractivity contribution < 1.29 is 80.2 Å². The fourth-order valence-corrected chi connectivity index (χ4v) is 12.1. The predicted molar refractivity (Wildman–Crippen MR) is 358 cm³/mol. The number of hydrogen-bond acceptors (Lipinski definition) is 15. The van der Waals surface area contributed by atoms with Crippen molar-refractivity contribution in [3.8, 4) is 0 Å². The Bertz CT molecular complexity index is 1760. The summed E-state index contributed by atoms with van der Waals surface area (Å²) >= 11 is 0. The second-order valence-corrected chi connectivity index (χ2v) is 30.1. The summed E-state index contributed by atoms with van der Waals surface area (Å²) in [5.74, 6) is 0.817. The second kappa shape index (κ2) is 59.8. The molecule has 0 radical (unpaired) electrons. The second-order valence-electron chi connectivity index (χ2n) is 27.2. The van der Waals surface area contributed by atoms with E-state index in [0.717, 1.165) is 108 Å². The molecule has 5 atom stereocenters. The lowest BCUT2D eigenvalue weighted by molar-refractivity contribution is -0.161. The van der Waals surface area contributed by atoms with Crippen LogP contribution in [0.4, 0.5) is 0 Å². The van der Waals surface area contributed by atoms with E-state index >= 15 is 0 Å². The van der Waals surface area contributed by atoms with Gasteiger partial charge in [0, 0.05) is 25.7 Å². The third kappa shape index (κ3) is 64.6. The van der Waals surface area contributed by atoms with E-state index in [1.54, 1.807) is 0 Å². The third-order valence-corrected chi connectivity index (χ3v) is 18.0. The molecule has 0 amide bonds. The van der Waals surface area contributed by atoms with E-state index < -0.39 is 97.5 Å². The molecule has 3 N–H and O–H groups in total. The minimum atomic E-state index is -4.95. The molecule has 0 aromatic carbocycles. The van der Waals surface area contributed by atoms with Crippen LogP contribution in [0.2, 0.25) is 0 Å². The van der Waals surface area contributed by atoms with E-state index in [1.807, 2.05) is 0 Å². The number of carbonyl (C=O) groups excluding carboxylic acids is 4. The Labute approximate surface area is 543 Å². The number of phosphoric acid groups is 2. The van der Waals surface area contributed by atoms with Crippen molar-refractivity contribution in [1.29, 1.82) is 0 Å². The van der Waals surface area contributed by atoms with E-state index in [2.05, 4.69) is 55.4 Å². The number of aliphatic hydroxyl groups excluding tert-OH is 1. The van der Waals surface area contributed by atoms with Crippen molar-refractivity contribution in [2.45, 2.75) is 363 Å². The van der Waals surface area contributed by atoms with E-state index in [0.29, 0.717) is 37.5 Å². The first-order valence-electron chi connectivity index (χ1n) is 36.2. The van der Waals surface area contributed by atoms with E-state index in [4.69, 9.17) is 37.0 Å². The molecule has 0 rings (SSSR count). The molecule has 0 bridgehead atoms. The Hall–Kier alpha value is -1.94. The minimum Gasteiger partial charge on any atom is -0.462 e. The number of ether oxygens (including phenoxy) is 4. The van der Waals surface area contributed by atoms with Gasteiger partial charge < -0.3 is 33.8 Å². The zero-order valence-corrected chi connectivity index (χ0v) is 59.8. The normalized spacial score (nSPS) is 14.3. The van der Waals surface area contributed by atoms with Crippen molar-refractivity contribution in [2.24, 2.45) is 23.7 Å². The fraction of sp³-hybridized carbons (Fsp3) is 0.943. The first-order valence-corrected chi connectivity index (χ1v) is 39.2. The third-order valence-electron chi connectivity index (χ3n) is 16.1. The highest BCUT2D eigenvalue weighted by Gasteiger charge is 2.30. The molecule has 3 unspecified atom stereocenters. The summed E-state index contributed by atoms with van der Waals surface area (Å²) in [7, 11) is -9.90. The van der Waals surface area contributed by atoms with Crippen LogP contribution in [-0.4, -0.2) is 96.7 Å². The average molecular weight is 1310 g/mol. The van der Waals surface area contributed by atoms with Gasteiger partial charge in [0.2, 0.25) is 0 Å². The van der Waals surface area contributed by atoms with E-state index in [1.165, 1.54) is 141 Å². The number of hydrogen-bond donors (Lipinski definition) is 3. The van der Waals surface area contributed by atoms with Gasteiger partial charge in [0.1, 0.15) is 19.3 Å². The molecule has 0 aromatic heterocycles. The molecule has 0 aliphatic heterocycles. The molecule has 0 aliphatic carbocycles. The summed E-state index contributed by atoms with van der Waals surface area (Å²) in [6.07, 6.45) is 41.8. The van der Waals surface area contributed by atoms with Crippen molar-refractivity contribution >= 4 is 39.5 Å². The lowest BCUT2D eigenvalue weighted by Gasteiger charge is -2.21. The molecule has 0 heterocycles. The Morgan fingerprint density at radius 3 is 0.697 bits per heavy atom. The zero-order chi connectivity index (χ0) is 66.1. The lowest BCUT2D eigenvalue weighted by atomic mass is 10.0. The molecule has 0 aromatic rings. The van der Waals surface area contributed by atoms with Crippen LogP contribution in [0.25, 0.3) is 0 Å². The standard InChI is InChI=1S/C70H136O17P2/c1-60(2)46-38-30-22-16-12-9-10-14-19-27-36-44-52-69(74)86-65(56-80-67(72)50-42-34-26-18-15-11-13-17-23-31-39-47-61(3)4)58-84-88(76,77)82-54-64(71)55-83-89(78,79)85-59-66(87-70(75)53-45-37-29-21-25-33-41-49-63(7)8)57-81-68(73)51-43-35-28-20-24-32-40-48-62(5)6/h60-66,71H,9-59H2,1-8H3,(H,76,77)(H,78,79)/t64?,65-,66-/m1/s1. The molecular formula is C70H136O17P2. The average Bonchev–Trinajstić information content (AvgIpc) is 3.63. The van der Waals surface area contributed by atoms with Crippen LogP contribution < -0.4 is 0 Å². The van der Waals surface area contributed by atoms with Crippen molar-refractivity contribution in [1.82, 2.24) is 0 Å². The van der Waals surface area contributed by atoms with Crippen LogP contribution in [0.15, 0.2) is 0 Å². The van der Waals surface area contributed by atoms with Crippen molar-refractivity contribution in [3.05, 3.63) is 0 Å². The maximum absolute atomic E-state index is 13.0. The SMILES string of the molecule is CC(C)CCCCCCCCCCCCCCC(=O)O[C@H](COC(=O)CCCCCCCCCCCCCC(C)C)COP(=O)(O)OCC(O)COP(=O)(O)OC[C@@H](COC(=O)CCCCCCCCCC(C)C)OC(=O)CCCCCCCCCC(C)C. The summed E-state index contributed by atoms with van der Waals surface area (Å²) in [6.45, 7) is 14.0. The van der Waals surface area contributed by atoms with Gasteiger partial charge in [0.05, 0.1) is 26.4 Å². The summed E-state index contributed by atoms with van der Waals surface area (Å²) in [4.78, 5) is 72.5. The van der Waals surface area contributed by atoms with Crippen LogP contribution in [0.3, 0.4) is 0 Å². The van der Waals surface area contributed by atoms with Gasteiger partial charge in [-0.2, -0.15) is 0 Å². The zero-order valence-electron chi connectivity index (χ0n) is 58.1. The molecule has 0 saturated heterocycles. The van der Waals surface area contributed by atoms with E-state index in [9.17, 15) is 43.2 Å². The van der Waals surface area contributed by atoms with Crippen molar-refractivity contribution in [2.75, 3.05) is 39.6 Å². The first-order chi connectivity index (χ1) is 42.6. The van der Waals surface area contributed by atoms with Gasteiger partial charge in [-0.05, 0) is 49.4 Å². The Balaban J connectivity index is 5.25. The number of aliphatic hydroxyl groups is 1. The van der Waals surface area contributed by atoms with Gasteiger partial charge in [-0.1, -0.05) is 293 Å². The summed E-state index contributed by atoms with van der Waals surface area (Å²) in [5, 5.41) is 10.6. The number of phosphoric ester groups is 2. The molecule has 0 saturated carbocycles. The minimum absolute atomic E-state index is 0.102. The number of unbranched alkanes of at least 4 members (excludes halogenated alkanes) is 33. The predicted octanol–water partition coefficient (Wildman–Crippen LogP) is 19.7. The topological polar surface area (TPSA) is 237 Å². The summed E-state index contributed by atoms with van der Waals surface area (Å²) < 4.78 is 68.2. The van der Waals surface area contributed by atoms with E-state index in [-0.39, 0.29) is 25.7 Å². The van der Waals surface area contributed by atoms with Gasteiger partial charge in [0.25, 0.3) is 0 Å². The van der Waals surface area contributed by atoms with Crippen LogP contribution >= 0.6 is 15.6 Å². The largest absolute Gasteiger partial charge is 0.472 e. The molecule has 0 spiro atoms. The van der Waals surface area contributed by atoms with Gasteiger partial charge in [-0.3, -0.25) is 37.3 Å². The van der Waals surface area contributed by atoms with Crippen LogP contribution in [0, 0.1) is 23.7 Å². The Morgan fingerprint density at radius 2 is 0.472 bits per heavy atom. The van der Waals surface area contributed by atoms with Crippen LogP contribution in [0.5, 0.6) is 0 Å². The van der Waals surface area contributed by atoms with Crippen molar-refractivity contribution in [3.63, 3.8) is 0 Å². The lowest BCUT2D eigenvalue weighted by Crippen LogP contribution is -2.30. The van der Waals surface area contributed by atoms with Crippen LogP contribution in [0.1, 0.15) is 344 Å². The van der Waals surface area contributed by atoms with Gasteiger partial charge in [0.15, 0.2) is 12.2 Å². The Kier molecular flexibility index (Phi) is 58.5.